The normalized spacial score (nSPS) is 20.3. The van der Waals surface area contributed by atoms with Crippen LogP contribution in [0.1, 0.15) is 32.1 Å². The molecule has 0 saturated heterocycles. The first kappa shape index (κ1) is 11.4. The van der Waals surface area contributed by atoms with Crippen LogP contribution in [-0.2, 0) is 0 Å². The summed E-state index contributed by atoms with van der Waals surface area (Å²) in [5, 5.41) is 7.83. The first-order valence-corrected chi connectivity index (χ1v) is 7.37. The van der Waals surface area contributed by atoms with Gasteiger partial charge in [-0.15, -0.1) is 10.2 Å². The third-order valence-corrected chi connectivity index (χ3v) is 5.00. The van der Waals surface area contributed by atoms with Crippen molar-refractivity contribution in [2.24, 2.45) is 11.7 Å². The van der Waals surface area contributed by atoms with Crippen LogP contribution >= 0.6 is 23.1 Å². The van der Waals surface area contributed by atoms with Gasteiger partial charge in [-0.25, -0.2) is 0 Å². The van der Waals surface area contributed by atoms with Crippen molar-refractivity contribution in [3.63, 3.8) is 0 Å². The van der Waals surface area contributed by atoms with Crippen molar-refractivity contribution in [1.82, 2.24) is 10.2 Å². The fourth-order valence-electron chi connectivity index (χ4n) is 2.09. The molecule has 0 spiro atoms. The number of rotatable bonds is 4. The molecular formula is C10H17N3S2. The third kappa shape index (κ3) is 3.43. The number of nitrogens with zero attached hydrogens (tertiary/aromatic N) is 2. The number of hydrogen-bond donors (Lipinski definition) is 1. The summed E-state index contributed by atoms with van der Waals surface area (Å²) in [6, 6.07) is 0.333. The topological polar surface area (TPSA) is 51.8 Å². The predicted octanol–water partition coefficient (Wildman–Crippen LogP) is 2.54. The van der Waals surface area contributed by atoms with Gasteiger partial charge >= 0.3 is 0 Å². The first-order valence-electron chi connectivity index (χ1n) is 5.51. The first-order chi connectivity index (χ1) is 7.36. The second kappa shape index (κ2) is 5.82. The van der Waals surface area contributed by atoms with Crippen molar-refractivity contribution in [2.75, 3.05) is 5.75 Å². The highest BCUT2D eigenvalue weighted by molar-refractivity contribution is 8.01. The van der Waals surface area contributed by atoms with Gasteiger partial charge in [0.1, 0.15) is 5.51 Å². The number of thioether (sulfide) groups is 1. The van der Waals surface area contributed by atoms with Crippen LogP contribution in [-0.4, -0.2) is 22.0 Å². The van der Waals surface area contributed by atoms with E-state index in [0.717, 1.165) is 16.0 Å². The van der Waals surface area contributed by atoms with Gasteiger partial charge in [0, 0.05) is 11.8 Å². The molecule has 1 unspecified atom stereocenters. The molecule has 0 amide bonds. The van der Waals surface area contributed by atoms with Gasteiger partial charge in [0.05, 0.1) is 0 Å². The van der Waals surface area contributed by atoms with E-state index in [0.29, 0.717) is 6.04 Å². The maximum absolute atomic E-state index is 6.20. The molecule has 1 aromatic rings. The Kier molecular flexibility index (Phi) is 4.41. The largest absolute Gasteiger partial charge is 0.327 e. The molecule has 15 heavy (non-hydrogen) atoms. The Hall–Kier alpha value is -0.130. The van der Waals surface area contributed by atoms with Gasteiger partial charge in [-0.2, -0.15) is 0 Å². The summed E-state index contributed by atoms with van der Waals surface area (Å²) in [4.78, 5) is 0. The van der Waals surface area contributed by atoms with Crippen LogP contribution in [0.5, 0.6) is 0 Å². The molecule has 1 aliphatic carbocycles. The monoisotopic (exact) mass is 243 g/mol. The Morgan fingerprint density at radius 3 is 2.93 bits per heavy atom. The fraction of sp³-hybridized carbons (Fsp3) is 0.800. The zero-order valence-corrected chi connectivity index (χ0v) is 10.4. The molecule has 84 valence electrons. The second-order valence-corrected chi connectivity index (χ2v) is 6.18. The van der Waals surface area contributed by atoms with Gasteiger partial charge in [-0.3, -0.25) is 0 Å². The minimum atomic E-state index is 0.333. The molecule has 1 aromatic heterocycles. The lowest BCUT2D eigenvalue weighted by atomic mass is 9.85. The summed E-state index contributed by atoms with van der Waals surface area (Å²) in [7, 11) is 0. The van der Waals surface area contributed by atoms with Crippen molar-refractivity contribution in [3.05, 3.63) is 5.51 Å². The lowest BCUT2D eigenvalue weighted by molar-refractivity contribution is 0.319. The van der Waals surface area contributed by atoms with Gasteiger partial charge in [0.25, 0.3) is 0 Å². The van der Waals surface area contributed by atoms with E-state index in [1.54, 1.807) is 28.6 Å². The zero-order chi connectivity index (χ0) is 10.5. The Balaban J connectivity index is 1.74. The highest BCUT2D eigenvalue weighted by Gasteiger charge is 2.20. The molecule has 0 radical (unpaired) electrons. The smallest absolute Gasteiger partial charge is 0.174 e. The minimum absolute atomic E-state index is 0.333. The van der Waals surface area contributed by atoms with Gasteiger partial charge in [-0.05, 0) is 18.8 Å². The quantitative estimate of drug-likeness (QED) is 0.826. The lowest BCUT2D eigenvalue weighted by Crippen LogP contribution is -2.33. The summed E-state index contributed by atoms with van der Waals surface area (Å²) >= 11 is 3.35. The highest BCUT2D eigenvalue weighted by atomic mass is 32.2. The van der Waals surface area contributed by atoms with Crippen LogP contribution in [0.2, 0.25) is 0 Å². The van der Waals surface area contributed by atoms with E-state index in [2.05, 4.69) is 10.2 Å². The van der Waals surface area contributed by atoms with Crippen molar-refractivity contribution in [1.29, 1.82) is 0 Å². The third-order valence-electron chi connectivity index (χ3n) is 2.99. The zero-order valence-electron chi connectivity index (χ0n) is 8.76. The molecule has 1 atom stereocenters. The molecule has 2 rings (SSSR count). The summed E-state index contributed by atoms with van der Waals surface area (Å²) in [6.45, 7) is 0. The maximum Gasteiger partial charge on any atom is 0.174 e. The molecule has 1 saturated carbocycles. The Morgan fingerprint density at radius 1 is 1.47 bits per heavy atom. The van der Waals surface area contributed by atoms with E-state index in [1.165, 1.54) is 32.1 Å². The van der Waals surface area contributed by atoms with Crippen molar-refractivity contribution < 1.29 is 0 Å². The van der Waals surface area contributed by atoms with Crippen molar-refractivity contribution >= 4 is 23.1 Å². The van der Waals surface area contributed by atoms with Crippen LogP contribution in [0.15, 0.2) is 9.85 Å². The van der Waals surface area contributed by atoms with Crippen LogP contribution in [0.25, 0.3) is 0 Å². The van der Waals surface area contributed by atoms with Crippen molar-refractivity contribution in [3.8, 4) is 0 Å². The molecule has 0 bridgehead atoms. The van der Waals surface area contributed by atoms with Gasteiger partial charge in [0.15, 0.2) is 4.34 Å². The summed E-state index contributed by atoms with van der Waals surface area (Å²) in [6.07, 6.45) is 6.76. The summed E-state index contributed by atoms with van der Waals surface area (Å²) in [5.74, 6) is 1.72. The fourth-order valence-corrected chi connectivity index (χ4v) is 3.69. The van der Waals surface area contributed by atoms with Crippen LogP contribution < -0.4 is 5.73 Å². The van der Waals surface area contributed by atoms with E-state index >= 15 is 0 Å². The van der Waals surface area contributed by atoms with Gasteiger partial charge in [0.2, 0.25) is 0 Å². The molecule has 5 heteroatoms. The summed E-state index contributed by atoms with van der Waals surface area (Å²) in [5.41, 5.74) is 7.97. The highest BCUT2D eigenvalue weighted by Crippen LogP contribution is 2.28. The van der Waals surface area contributed by atoms with Gasteiger partial charge in [-0.1, -0.05) is 42.4 Å². The Labute approximate surface area is 98.9 Å². The molecule has 0 aliphatic heterocycles. The van der Waals surface area contributed by atoms with Crippen LogP contribution in [0.4, 0.5) is 0 Å². The van der Waals surface area contributed by atoms with Crippen molar-refractivity contribution in [2.45, 2.75) is 42.5 Å². The maximum atomic E-state index is 6.20. The molecule has 1 heterocycles. The van der Waals surface area contributed by atoms with E-state index in [9.17, 15) is 0 Å². The second-order valence-electron chi connectivity index (χ2n) is 4.08. The van der Waals surface area contributed by atoms with Crippen LogP contribution in [0, 0.1) is 5.92 Å². The molecule has 0 aromatic carbocycles. The minimum Gasteiger partial charge on any atom is -0.327 e. The van der Waals surface area contributed by atoms with E-state index in [-0.39, 0.29) is 0 Å². The Morgan fingerprint density at radius 2 is 2.27 bits per heavy atom. The SMILES string of the molecule is NC(CSc1nncs1)C1CCCCC1. The molecule has 1 fully saturated rings. The summed E-state index contributed by atoms with van der Waals surface area (Å²) < 4.78 is 1.04. The van der Waals surface area contributed by atoms with E-state index < -0.39 is 0 Å². The van der Waals surface area contributed by atoms with E-state index in [1.807, 2.05) is 0 Å². The molecular weight excluding hydrogens is 226 g/mol. The Bertz CT molecular complexity index is 270. The predicted molar refractivity (Wildman–Crippen MR) is 65.2 cm³/mol. The average Bonchev–Trinajstić information content (AvgIpc) is 2.80. The van der Waals surface area contributed by atoms with Gasteiger partial charge < -0.3 is 5.73 Å². The molecule has 1 aliphatic rings. The molecule has 2 N–H and O–H groups in total. The number of nitrogens with two attached hydrogens (primary N) is 1. The van der Waals surface area contributed by atoms with Crippen LogP contribution in [0.3, 0.4) is 0 Å². The average molecular weight is 243 g/mol. The molecule has 3 nitrogen and oxygen atoms in total. The lowest BCUT2D eigenvalue weighted by Gasteiger charge is -2.26. The number of hydrogen-bond acceptors (Lipinski definition) is 5. The number of aromatic nitrogens is 2. The standard InChI is InChI=1S/C10H17N3S2/c11-9(8-4-2-1-3-5-8)6-14-10-13-12-7-15-10/h7-9H,1-6,11H2. The van der Waals surface area contributed by atoms with E-state index in [4.69, 9.17) is 5.73 Å².